The number of benzene rings is 1. The topological polar surface area (TPSA) is 113 Å². The molecule has 3 heterocycles. The van der Waals surface area contributed by atoms with E-state index in [1.54, 1.807) is 24.5 Å². The molecular formula is C26H32N6O3. The lowest BCUT2D eigenvalue weighted by Gasteiger charge is -2.20. The van der Waals surface area contributed by atoms with Crippen LogP contribution in [0.1, 0.15) is 51.3 Å². The Hall–Kier alpha value is -3.75. The van der Waals surface area contributed by atoms with E-state index in [0.29, 0.717) is 24.6 Å². The van der Waals surface area contributed by atoms with E-state index in [9.17, 15) is 9.59 Å². The molecule has 2 amide bonds. The molecule has 4 rings (SSSR count). The highest BCUT2D eigenvalue weighted by Gasteiger charge is 2.21. The molecule has 1 aromatic carbocycles. The molecule has 0 radical (unpaired) electrons. The number of anilines is 2. The molecule has 1 atom stereocenters. The number of pyridine rings is 1. The van der Waals surface area contributed by atoms with Crippen molar-refractivity contribution in [3.8, 4) is 11.4 Å². The quantitative estimate of drug-likeness (QED) is 0.430. The van der Waals surface area contributed by atoms with Gasteiger partial charge in [0.15, 0.2) is 0 Å². The van der Waals surface area contributed by atoms with Crippen molar-refractivity contribution in [1.29, 1.82) is 0 Å². The number of amides is 2. The van der Waals surface area contributed by atoms with Gasteiger partial charge in [0, 0.05) is 55.3 Å². The van der Waals surface area contributed by atoms with Crippen LogP contribution in [0.5, 0.6) is 0 Å². The third-order valence-electron chi connectivity index (χ3n) is 6.06. The molecule has 1 aliphatic rings. The normalized spacial score (nSPS) is 14.0. The van der Waals surface area contributed by atoms with Crippen LogP contribution in [0.4, 0.5) is 11.4 Å². The molecule has 1 fully saturated rings. The summed E-state index contributed by atoms with van der Waals surface area (Å²) in [7, 11) is 0. The molecule has 184 valence electrons. The highest BCUT2D eigenvalue weighted by molar-refractivity contribution is 5.97. The van der Waals surface area contributed by atoms with Crippen LogP contribution in [0.2, 0.25) is 0 Å². The number of carbonyl (C=O) groups excluding carboxylic acids is 2. The third-order valence-corrected chi connectivity index (χ3v) is 6.06. The van der Waals surface area contributed by atoms with Crippen molar-refractivity contribution in [3.05, 3.63) is 54.7 Å². The first-order valence-corrected chi connectivity index (χ1v) is 12.3. The predicted octanol–water partition coefficient (Wildman–Crippen LogP) is 3.98. The molecule has 0 bridgehead atoms. The fraction of sp³-hybridized carbons (Fsp3) is 0.423. The highest BCUT2D eigenvalue weighted by Crippen LogP contribution is 2.23. The van der Waals surface area contributed by atoms with Crippen molar-refractivity contribution in [2.75, 3.05) is 23.3 Å². The summed E-state index contributed by atoms with van der Waals surface area (Å²) in [5, 5.41) is 9.84. The van der Waals surface area contributed by atoms with Crippen LogP contribution >= 0.6 is 0 Å². The van der Waals surface area contributed by atoms with Crippen LogP contribution in [-0.4, -0.2) is 46.1 Å². The monoisotopic (exact) mass is 476 g/mol. The Kier molecular flexibility index (Phi) is 8.43. The molecule has 9 nitrogen and oxygen atoms in total. The predicted molar refractivity (Wildman–Crippen MR) is 134 cm³/mol. The van der Waals surface area contributed by atoms with Crippen molar-refractivity contribution in [2.45, 2.75) is 57.9 Å². The van der Waals surface area contributed by atoms with Crippen LogP contribution in [0.3, 0.4) is 0 Å². The zero-order valence-electron chi connectivity index (χ0n) is 20.1. The van der Waals surface area contributed by atoms with Crippen LogP contribution in [0.25, 0.3) is 11.4 Å². The summed E-state index contributed by atoms with van der Waals surface area (Å²) in [5.74, 6) is 0.401. The minimum Gasteiger partial charge on any atom is -0.371 e. The van der Waals surface area contributed by atoms with E-state index >= 15 is 0 Å². The van der Waals surface area contributed by atoms with E-state index in [0.717, 1.165) is 42.9 Å². The fourth-order valence-electron chi connectivity index (χ4n) is 4.12. The number of unbranched alkanes of at least 4 members (excludes halogenated alkanes) is 1. The maximum absolute atomic E-state index is 13.0. The lowest BCUT2D eigenvalue weighted by Crippen LogP contribution is -2.43. The third kappa shape index (κ3) is 6.88. The molecule has 0 saturated carbocycles. The van der Waals surface area contributed by atoms with Gasteiger partial charge >= 0.3 is 0 Å². The van der Waals surface area contributed by atoms with Gasteiger partial charge < -0.3 is 20.1 Å². The minimum atomic E-state index is -0.604. The summed E-state index contributed by atoms with van der Waals surface area (Å²) in [6.07, 6.45) is 8.49. The summed E-state index contributed by atoms with van der Waals surface area (Å²) in [6.45, 7) is 4.14. The van der Waals surface area contributed by atoms with Gasteiger partial charge in [-0.05, 0) is 49.6 Å². The number of aromatic nitrogens is 3. The smallest absolute Gasteiger partial charge is 0.246 e. The second kappa shape index (κ2) is 12.1. The lowest BCUT2D eigenvalue weighted by atomic mass is 10.1. The molecule has 35 heavy (non-hydrogen) atoms. The number of rotatable bonds is 11. The van der Waals surface area contributed by atoms with Gasteiger partial charge in [-0.3, -0.25) is 14.6 Å². The van der Waals surface area contributed by atoms with E-state index in [2.05, 4.69) is 43.6 Å². The van der Waals surface area contributed by atoms with E-state index < -0.39 is 6.04 Å². The van der Waals surface area contributed by atoms with Crippen molar-refractivity contribution < 1.29 is 14.1 Å². The number of hydrogen-bond acceptors (Lipinski definition) is 7. The SMILES string of the molecule is CCCCC(NC(=O)CCc1nc(-c2ccncc2)no1)C(=O)Nc1cccc(N2CCCC2)c1. The fourth-order valence-corrected chi connectivity index (χ4v) is 4.12. The van der Waals surface area contributed by atoms with Gasteiger partial charge in [0.1, 0.15) is 6.04 Å². The van der Waals surface area contributed by atoms with E-state index in [1.807, 2.05) is 18.2 Å². The first-order valence-electron chi connectivity index (χ1n) is 12.3. The van der Waals surface area contributed by atoms with Crippen molar-refractivity contribution in [1.82, 2.24) is 20.4 Å². The summed E-state index contributed by atoms with van der Waals surface area (Å²) >= 11 is 0. The van der Waals surface area contributed by atoms with Gasteiger partial charge in [0.05, 0.1) is 0 Å². The van der Waals surface area contributed by atoms with Crippen LogP contribution in [0.15, 0.2) is 53.3 Å². The van der Waals surface area contributed by atoms with Crippen molar-refractivity contribution in [3.63, 3.8) is 0 Å². The second-order valence-corrected chi connectivity index (χ2v) is 8.74. The van der Waals surface area contributed by atoms with E-state index in [1.165, 1.54) is 12.8 Å². The number of carbonyl (C=O) groups is 2. The van der Waals surface area contributed by atoms with Gasteiger partial charge in [0.2, 0.25) is 23.5 Å². The van der Waals surface area contributed by atoms with Crippen LogP contribution in [-0.2, 0) is 16.0 Å². The van der Waals surface area contributed by atoms with Gasteiger partial charge in [-0.15, -0.1) is 0 Å². The average molecular weight is 477 g/mol. The number of hydrogen-bond donors (Lipinski definition) is 2. The van der Waals surface area contributed by atoms with Gasteiger partial charge in [-0.25, -0.2) is 0 Å². The number of aryl methyl sites for hydroxylation is 1. The second-order valence-electron chi connectivity index (χ2n) is 8.74. The lowest BCUT2D eigenvalue weighted by molar-refractivity contribution is -0.126. The maximum Gasteiger partial charge on any atom is 0.246 e. The molecule has 1 saturated heterocycles. The molecule has 2 aromatic heterocycles. The molecule has 0 spiro atoms. The standard InChI is InChI=1S/C26H32N6O3/c1-2-3-9-22(26(34)28-20-7-6-8-21(18-20)32-16-4-5-17-32)29-23(33)10-11-24-30-25(31-35-24)19-12-14-27-15-13-19/h6-8,12-15,18,22H,2-5,9-11,16-17H2,1H3,(H,28,34)(H,29,33). The molecule has 3 aromatic rings. The average Bonchev–Trinajstić information content (AvgIpc) is 3.59. The molecule has 1 unspecified atom stereocenters. The summed E-state index contributed by atoms with van der Waals surface area (Å²) < 4.78 is 5.27. The largest absolute Gasteiger partial charge is 0.371 e. The summed E-state index contributed by atoms with van der Waals surface area (Å²) in [4.78, 5) is 36.3. The zero-order valence-corrected chi connectivity index (χ0v) is 20.1. The molecule has 0 aliphatic carbocycles. The number of nitrogens with one attached hydrogen (secondary N) is 2. The zero-order chi connectivity index (χ0) is 24.5. The Morgan fingerprint density at radius 3 is 2.71 bits per heavy atom. The Morgan fingerprint density at radius 2 is 1.94 bits per heavy atom. The van der Waals surface area contributed by atoms with Gasteiger partial charge in [-0.1, -0.05) is 31.0 Å². The molecular weight excluding hydrogens is 444 g/mol. The van der Waals surface area contributed by atoms with Crippen molar-refractivity contribution >= 4 is 23.2 Å². The van der Waals surface area contributed by atoms with Crippen LogP contribution in [0, 0.1) is 0 Å². The van der Waals surface area contributed by atoms with Crippen LogP contribution < -0.4 is 15.5 Å². The van der Waals surface area contributed by atoms with E-state index in [4.69, 9.17) is 4.52 Å². The Morgan fingerprint density at radius 1 is 1.14 bits per heavy atom. The maximum atomic E-state index is 13.0. The van der Waals surface area contributed by atoms with Gasteiger partial charge in [0.25, 0.3) is 0 Å². The van der Waals surface area contributed by atoms with E-state index in [-0.39, 0.29) is 18.2 Å². The van der Waals surface area contributed by atoms with Gasteiger partial charge in [-0.2, -0.15) is 4.98 Å². The Balaban J connectivity index is 1.32. The minimum absolute atomic E-state index is 0.151. The molecule has 9 heteroatoms. The van der Waals surface area contributed by atoms with Crippen molar-refractivity contribution in [2.24, 2.45) is 0 Å². The summed E-state index contributed by atoms with van der Waals surface area (Å²) in [5.41, 5.74) is 2.65. The first-order chi connectivity index (χ1) is 17.1. The first kappa shape index (κ1) is 24.4. The molecule has 1 aliphatic heterocycles. The Bertz CT molecular complexity index is 1110. The highest BCUT2D eigenvalue weighted by atomic mass is 16.5. The Labute approximate surface area is 205 Å². The number of nitrogens with zero attached hydrogens (tertiary/aromatic N) is 4. The molecule has 2 N–H and O–H groups in total. The summed E-state index contributed by atoms with van der Waals surface area (Å²) in [6, 6.07) is 10.9.